The van der Waals surface area contributed by atoms with E-state index in [1.165, 1.54) is 270 Å². The van der Waals surface area contributed by atoms with Crippen molar-refractivity contribution in [2.24, 2.45) is 0 Å². The zero-order valence-electron chi connectivity index (χ0n) is 49.0. The molecule has 0 aliphatic heterocycles. The lowest BCUT2D eigenvalue weighted by atomic mass is 10.0. The Morgan fingerprint density at radius 2 is 0.472 bits per heavy atom. The third kappa shape index (κ3) is 59.0. The quantitative estimate of drug-likeness (QED) is 0.0261. The van der Waals surface area contributed by atoms with Crippen LogP contribution in [0.25, 0.3) is 0 Å². The second kappa shape index (κ2) is 61.7. The Kier molecular flexibility index (Phi) is 60.1. The minimum atomic E-state index is -0.768. The van der Waals surface area contributed by atoms with Crippen LogP contribution in [-0.2, 0) is 28.6 Å². The van der Waals surface area contributed by atoms with Crippen LogP contribution in [0, 0.1) is 0 Å². The van der Waals surface area contributed by atoms with Crippen molar-refractivity contribution in [3.63, 3.8) is 0 Å². The number of rotatable bonds is 61. The van der Waals surface area contributed by atoms with Crippen molar-refractivity contribution in [1.82, 2.24) is 0 Å². The van der Waals surface area contributed by atoms with Gasteiger partial charge in [-0.2, -0.15) is 0 Å². The summed E-state index contributed by atoms with van der Waals surface area (Å²) in [6.45, 7) is 6.67. The van der Waals surface area contributed by atoms with E-state index in [4.69, 9.17) is 14.2 Å². The Hall–Kier alpha value is -1.85. The molecule has 1 atom stereocenters. The molecule has 0 rings (SSSR count). The van der Waals surface area contributed by atoms with Crippen molar-refractivity contribution >= 4 is 17.9 Å². The van der Waals surface area contributed by atoms with Crippen molar-refractivity contribution < 1.29 is 28.6 Å². The molecule has 72 heavy (non-hydrogen) atoms. The summed E-state index contributed by atoms with van der Waals surface area (Å²) in [4.78, 5) is 38.2. The number of hydrogen-bond donors (Lipinski definition) is 0. The highest BCUT2D eigenvalue weighted by Gasteiger charge is 2.19. The topological polar surface area (TPSA) is 78.9 Å². The molecule has 0 aliphatic rings. The van der Waals surface area contributed by atoms with E-state index in [9.17, 15) is 14.4 Å². The molecule has 0 heterocycles. The summed E-state index contributed by atoms with van der Waals surface area (Å²) in [5, 5.41) is 0. The van der Waals surface area contributed by atoms with Gasteiger partial charge in [0, 0.05) is 19.3 Å². The van der Waals surface area contributed by atoms with E-state index in [0.29, 0.717) is 19.3 Å². The monoisotopic (exact) mass is 1010 g/mol. The maximum absolute atomic E-state index is 12.9. The second-order valence-electron chi connectivity index (χ2n) is 22.4. The maximum atomic E-state index is 12.9. The van der Waals surface area contributed by atoms with Gasteiger partial charge in [-0.1, -0.05) is 328 Å². The average molecular weight is 1020 g/mol. The Morgan fingerprint density at radius 1 is 0.264 bits per heavy atom. The lowest BCUT2D eigenvalue weighted by molar-refractivity contribution is -0.167. The first-order chi connectivity index (χ1) is 35.5. The maximum Gasteiger partial charge on any atom is 0.306 e. The fourth-order valence-electron chi connectivity index (χ4n) is 10.1. The van der Waals surface area contributed by atoms with Crippen LogP contribution in [0.1, 0.15) is 374 Å². The molecule has 6 heteroatoms. The van der Waals surface area contributed by atoms with E-state index < -0.39 is 6.10 Å². The molecular formula is C66H126O6. The van der Waals surface area contributed by atoms with E-state index in [0.717, 1.165) is 64.2 Å². The van der Waals surface area contributed by atoms with E-state index in [1.54, 1.807) is 0 Å². The van der Waals surface area contributed by atoms with Crippen LogP contribution in [0.2, 0.25) is 0 Å². The molecule has 0 radical (unpaired) electrons. The first-order valence-electron chi connectivity index (χ1n) is 32.7. The van der Waals surface area contributed by atoms with Gasteiger partial charge in [-0.05, 0) is 38.5 Å². The first kappa shape index (κ1) is 70.1. The highest BCUT2D eigenvalue weighted by Crippen LogP contribution is 2.19. The highest BCUT2D eigenvalue weighted by atomic mass is 16.6. The van der Waals surface area contributed by atoms with Crippen LogP contribution in [-0.4, -0.2) is 37.2 Å². The number of esters is 3. The third-order valence-electron chi connectivity index (χ3n) is 15.0. The zero-order chi connectivity index (χ0) is 52.2. The van der Waals surface area contributed by atoms with Gasteiger partial charge in [0.2, 0.25) is 0 Å². The van der Waals surface area contributed by atoms with Crippen LogP contribution < -0.4 is 0 Å². The van der Waals surface area contributed by atoms with Gasteiger partial charge in [-0.25, -0.2) is 0 Å². The van der Waals surface area contributed by atoms with Gasteiger partial charge in [0.1, 0.15) is 13.2 Å². The molecule has 0 bridgehead atoms. The summed E-state index contributed by atoms with van der Waals surface area (Å²) in [5.41, 5.74) is 0. The fourth-order valence-corrected chi connectivity index (χ4v) is 10.1. The van der Waals surface area contributed by atoms with Gasteiger partial charge in [-0.3, -0.25) is 14.4 Å². The fraction of sp³-hybridized carbons (Fsp3) is 0.924. The summed E-state index contributed by atoms with van der Waals surface area (Å²) in [6, 6.07) is 0. The minimum Gasteiger partial charge on any atom is -0.462 e. The summed E-state index contributed by atoms with van der Waals surface area (Å²) >= 11 is 0. The number of allylic oxidation sites excluding steroid dienone is 2. The zero-order valence-corrected chi connectivity index (χ0v) is 49.0. The minimum absolute atomic E-state index is 0.0663. The van der Waals surface area contributed by atoms with E-state index in [-0.39, 0.29) is 31.1 Å². The lowest BCUT2D eigenvalue weighted by Crippen LogP contribution is -2.30. The van der Waals surface area contributed by atoms with Crippen LogP contribution in [0.15, 0.2) is 12.2 Å². The molecule has 0 saturated carbocycles. The van der Waals surface area contributed by atoms with E-state index >= 15 is 0 Å². The van der Waals surface area contributed by atoms with Crippen molar-refractivity contribution in [2.45, 2.75) is 380 Å². The molecule has 0 amide bonds. The molecule has 6 nitrogen and oxygen atoms in total. The molecule has 1 unspecified atom stereocenters. The average Bonchev–Trinajstić information content (AvgIpc) is 3.38. The normalized spacial score (nSPS) is 12.0. The number of unbranched alkanes of at least 4 members (excludes halogenated alkanes) is 48. The van der Waals surface area contributed by atoms with E-state index in [2.05, 4.69) is 32.9 Å². The second-order valence-corrected chi connectivity index (χ2v) is 22.4. The van der Waals surface area contributed by atoms with Gasteiger partial charge in [0.05, 0.1) is 0 Å². The van der Waals surface area contributed by atoms with Crippen LogP contribution in [0.4, 0.5) is 0 Å². The molecule has 0 aromatic heterocycles. The van der Waals surface area contributed by atoms with Crippen LogP contribution >= 0.6 is 0 Å². The van der Waals surface area contributed by atoms with Crippen molar-refractivity contribution in [3.05, 3.63) is 12.2 Å². The molecule has 0 aromatic rings. The SMILES string of the molecule is CCCC/C=C\CCCCCCCC(=O)OCC(COC(=O)CCCCCCCCCCCCCCCCCCCCCCCCCCCCC)OC(=O)CCCCCCCCCCCCCCCCCC. The third-order valence-corrected chi connectivity index (χ3v) is 15.0. The van der Waals surface area contributed by atoms with Crippen molar-refractivity contribution in [1.29, 1.82) is 0 Å². The molecule has 0 spiro atoms. The summed E-state index contributed by atoms with van der Waals surface area (Å²) in [5.74, 6) is -0.848. The lowest BCUT2D eigenvalue weighted by Gasteiger charge is -2.18. The van der Waals surface area contributed by atoms with Gasteiger partial charge in [-0.15, -0.1) is 0 Å². The largest absolute Gasteiger partial charge is 0.462 e. The predicted molar refractivity (Wildman–Crippen MR) is 312 cm³/mol. The van der Waals surface area contributed by atoms with Crippen molar-refractivity contribution in [2.75, 3.05) is 13.2 Å². The van der Waals surface area contributed by atoms with Gasteiger partial charge >= 0.3 is 17.9 Å². The summed E-state index contributed by atoms with van der Waals surface area (Å²) < 4.78 is 16.9. The molecule has 0 aliphatic carbocycles. The Labute approximate surface area is 450 Å². The van der Waals surface area contributed by atoms with Gasteiger partial charge in [0.15, 0.2) is 6.10 Å². The Morgan fingerprint density at radius 3 is 0.736 bits per heavy atom. The highest BCUT2D eigenvalue weighted by molar-refractivity contribution is 5.71. The van der Waals surface area contributed by atoms with Crippen LogP contribution in [0.5, 0.6) is 0 Å². The number of hydrogen-bond acceptors (Lipinski definition) is 6. The van der Waals surface area contributed by atoms with E-state index in [1.807, 2.05) is 0 Å². The molecule has 426 valence electrons. The first-order valence-corrected chi connectivity index (χ1v) is 32.7. The number of carbonyl (C=O) groups excluding carboxylic acids is 3. The van der Waals surface area contributed by atoms with Crippen molar-refractivity contribution in [3.8, 4) is 0 Å². The molecule has 0 aromatic carbocycles. The summed E-state index contributed by atoms with van der Waals surface area (Å²) in [7, 11) is 0. The molecular weight excluding hydrogens is 889 g/mol. The smallest absolute Gasteiger partial charge is 0.306 e. The Balaban J connectivity index is 4.12. The summed E-state index contributed by atoms with van der Waals surface area (Å²) in [6.07, 6.45) is 72.4. The van der Waals surface area contributed by atoms with Gasteiger partial charge < -0.3 is 14.2 Å². The molecule has 0 N–H and O–H groups in total. The Bertz CT molecular complexity index is 1120. The number of carbonyl (C=O) groups is 3. The number of ether oxygens (including phenoxy) is 3. The van der Waals surface area contributed by atoms with Gasteiger partial charge in [0.25, 0.3) is 0 Å². The predicted octanol–water partition coefficient (Wildman–Crippen LogP) is 22.1. The van der Waals surface area contributed by atoms with Crippen LogP contribution in [0.3, 0.4) is 0 Å². The molecule has 0 fully saturated rings. The molecule has 0 saturated heterocycles. The standard InChI is InChI=1S/C66H126O6/c1-4-7-10-13-16-19-22-24-26-28-29-30-31-32-33-34-35-36-37-38-40-41-44-47-50-53-56-59-65(68)71-62-63(61-70-64(67)58-55-52-49-46-43-21-18-15-12-9-6-3)72-66(69)60-57-54-51-48-45-42-39-27-25-23-20-17-14-11-8-5-2/h15,18,63H,4-14,16-17,19-62H2,1-3H3/b18-15-.